The van der Waals surface area contributed by atoms with Gasteiger partial charge in [-0.3, -0.25) is 14.4 Å². The summed E-state index contributed by atoms with van der Waals surface area (Å²) in [6.45, 7) is 2.33. The van der Waals surface area contributed by atoms with Gasteiger partial charge in [0.05, 0.1) is 18.2 Å². The number of amides is 3. The Morgan fingerprint density at radius 3 is 2.43 bits per heavy atom. The maximum Gasteiger partial charge on any atom is 0.251 e. The maximum atomic E-state index is 13.7. The van der Waals surface area contributed by atoms with E-state index in [2.05, 4.69) is 21.3 Å². The van der Waals surface area contributed by atoms with Crippen molar-refractivity contribution in [2.75, 3.05) is 35.4 Å². The van der Waals surface area contributed by atoms with Crippen LogP contribution in [0.1, 0.15) is 67.8 Å². The lowest BCUT2D eigenvalue weighted by molar-refractivity contribution is -0.123. The number of carbonyl (C=O) groups excluding carboxylic acids is 3. The number of hydrogen-bond donors (Lipinski definition) is 5. The van der Waals surface area contributed by atoms with Gasteiger partial charge in [-0.05, 0) is 56.4 Å². The number of benzene rings is 2. The lowest BCUT2D eigenvalue weighted by Crippen LogP contribution is -2.53. The summed E-state index contributed by atoms with van der Waals surface area (Å²) in [6.07, 6.45) is 6.87. The summed E-state index contributed by atoms with van der Waals surface area (Å²) in [5.41, 5.74) is 2.01. The highest BCUT2D eigenvalue weighted by Crippen LogP contribution is 2.27. The predicted octanol–water partition coefficient (Wildman–Crippen LogP) is 2.36. The molecular weight excluding hydrogens is 582 g/mol. The van der Waals surface area contributed by atoms with Gasteiger partial charge in [-0.25, -0.2) is 8.42 Å². The van der Waals surface area contributed by atoms with E-state index in [0.717, 1.165) is 37.5 Å². The lowest BCUT2D eigenvalue weighted by atomic mass is 9.95. The van der Waals surface area contributed by atoms with Crippen molar-refractivity contribution in [2.45, 2.75) is 82.5 Å². The van der Waals surface area contributed by atoms with Gasteiger partial charge in [0.15, 0.2) is 9.84 Å². The van der Waals surface area contributed by atoms with Crippen LogP contribution in [0.3, 0.4) is 0 Å². The van der Waals surface area contributed by atoms with Crippen molar-refractivity contribution in [1.82, 2.24) is 16.0 Å². The van der Waals surface area contributed by atoms with Crippen molar-refractivity contribution < 1.29 is 27.9 Å². The van der Waals surface area contributed by atoms with Crippen LogP contribution in [0.25, 0.3) is 0 Å². The number of anilines is 2. The number of aliphatic hydroxyl groups excluding tert-OH is 1. The second-order valence-corrected chi connectivity index (χ2v) is 14.1. The summed E-state index contributed by atoms with van der Waals surface area (Å²) < 4.78 is 23.6. The summed E-state index contributed by atoms with van der Waals surface area (Å²) in [5, 5.41) is 23.3. The highest BCUT2D eigenvalue weighted by Gasteiger charge is 2.27. The Balaban J connectivity index is 1.49. The fourth-order valence-corrected chi connectivity index (χ4v) is 6.07. The summed E-state index contributed by atoms with van der Waals surface area (Å²) in [4.78, 5) is 40.5. The summed E-state index contributed by atoms with van der Waals surface area (Å²) in [7, 11) is -3.35. The molecule has 2 aliphatic rings. The van der Waals surface area contributed by atoms with Crippen molar-refractivity contribution in [2.24, 2.45) is 0 Å². The molecule has 2 aromatic carbocycles. The molecule has 44 heavy (non-hydrogen) atoms. The molecule has 3 atom stereocenters. The Labute approximate surface area is 260 Å². The molecular formula is C32H45N5O6S. The molecule has 2 aromatic rings. The van der Waals surface area contributed by atoms with E-state index in [4.69, 9.17) is 0 Å². The molecule has 4 rings (SSSR count). The molecule has 1 heterocycles. The van der Waals surface area contributed by atoms with Gasteiger partial charge in [0.2, 0.25) is 11.8 Å². The van der Waals surface area contributed by atoms with Gasteiger partial charge in [-0.1, -0.05) is 49.6 Å². The van der Waals surface area contributed by atoms with Crippen LogP contribution in [-0.2, 0) is 25.8 Å². The van der Waals surface area contributed by atoms with Gasteiger partial charge >= 0.3 is 0 Å². The van der Waals surface area contributed by atoms with Crippen molar-refractivity contribution in [1.29, 1.82) is 0 Å². The first kappa shape index (κ1) is 33.4. The molecule has 3 amide bonds. The van der Waals surface area contributed by atoms with Crippen LogP contribution in [-0.4, -0.2) is 80.7 Å². The highest BCUT2D eigenvalue weighted by atomic mass is 32.2. The minimum absolute atomic E-state index is 0.0679. The van der Waals surface area contributed by atoms with E-state index < -0.39 is 33.9 Å². The van der Waals surface area contributed by atoms with Crippen LogP contribution in [0.2, 0.25) is 0 Å². The van der Waals surface area contributed by atoms with Crippen molar-refractivity contribution in [3.63, 3.8) is 0 Å². The zero-order valence-corrected chi connectivity index (χ0v) is 26.4. The van der Waals surface area contributed by atoms with E-state index in [1.165, 1.54) is 12.5 Å². The summed E-state index contributed by atoms with van der Waals surface area (Å²) in [6, 6.07) is 13.2. The fraction of sp³-hybridized carbons (Fsp3) is 0.531. The molecule has 240 valence electrons. The van der Waals surface area contributed by atoms with Crippen LogP contribution >= 0.6 is 0 Å². The van der Waals surface area contributed by atoms with E-state index in [-0.39, 0.29) is 35.8 Å². The topological polar surface area (TPSA) is 157 Å². The summed E-state index contributed by atoms with van der Waals surface area (Å²) in [5.74, 6) is -1.00. The standard InChI is InChI=1S/C32H45N5O6S/c1-22(31(40)35-25-12-7-4-8-13-25)33-20-29(38)28(16-23-10-5-3-6-11-23)36-32(41)24-17-26(34-21-44(2,42)43)19-27(18-24)37-15-9-14-30(37)39/h3,5-6,10-11,17-19,22,25,28-29,33-34,38H,4,7-9,12-16,20-21H2,1-2H3,(H,35,40)(H,36,41)/t22-,28-,29-/m0/s1. The third-order valence-corrected chi connectivity index (χ3v) is 8.83. The first-order chi connectivity index (χ1) is 21.0. The maximum absolute atomic E-state index is 13.7. The van der Waals surface area contributed by atoms with Gasteiger partial charge in [-0.15, -0.1) is 0 Å². The average molecular weight is 628 g/mol. The van der Waals surface area contributed by atoms with E-state index in [9.17, 15) is 27.9 Å². The van der Waals surface area contributed by atoms with E-state index in [1.54, 1.807) is 24.0 Å². The van der Waals surface area contributed by atoms with Crippen LogP contribution in [0.4, 0.5) is 11.4 Å². The van der Waals surface area contributed by atoms with E-state index in [1.807, 2.05) is 30.3 Å². The van der Waals surface area contributed by atoms with Gasteiger partial charge in [0.1, 0.15) is 5.88 Å². The number of carbonyl (C=O) groups is 3. The van der Waals surface area contributed by atoms with Crippen molar-refractivity contribution >= 4 is 38.9 Å². The second kappa shape index (κ2) is 15.5. The predicted molar refractivity (Wildman–Crippen MR) is 171 cm³/mol. The Morgan fingerprint density at radius 2 is 1.77 bits per heavy atom. The minimum atomic E-state index is -3.35. The first-order valence-electron chi connectivity index (χ1n) is 15.4. The zero-order valence-electron chi connectivity index (χ0n) is 25.6. The Hall–Kier alpha value is -3.48. The lowest BCUT2D eigenvalue weighted by Gasteiger charge is -2.28. The number of hydrogen-bond acceptors (Lipinski definition) is 8. The monoisotopic (exact) mass is 627 g/mol. The largest absolute Gasteiger partial charge is 0.390 e. The van der Waals surface area contributed by atoms with Gasteiger partial charge in [-0.2, -0.15) is 0 Å². The van der Waals surface area contributed by atoms with Crippen LogP contribution in [0.5, 0.6) is 0 Å². The SMILES string of the molecule is C[C@H](NC[C@H](O)[C@H](Cc1ccccc1)NC(=O)c1cc(NCS(C)(=O)=O)cc(N2CCCC2=O)c1)C(=O)NC1CCCCC1. The molecule has 1 saturated heterocycles. The fourth-order valence-electron chi connectivity index (χ4n) is 5.64. The second-order valence-electron chi connectivity index (χ2n) is 12.0. The Morgan fingerprint density at radius 1 is 1.05 bits per heavy atom. The van der Waals surface area contributed by atoms with Gasteiger partial charge < -0.3 is 31.3 Å². The quantitative estimate of drug-likeness (QED) is 0.214. The zero-order chi connectivity index (χ0) is 31.7. The molecule has 12 heteroatoms. The molecule has 1 saturated carbocycles. The molecule has 5 N–H and O–H groups in total. The minimum Gasteiger partial charge on any atom is -0.390 e. The third-order valence-electron chi connectivity index (χ3n) is 8.16. The van der Waals surface area contributed by atoms with Crippen LogP contribution < -0.4 is 26.2 Å². The van der Waals surface area contributed by atoms with E-state index in [0.29, 0.717) is 37.2 Å². The molecule has 11 nitrogen and oxygen atoms in total. The third kappa shape index (κ3) is 10.0. The number of nitrogens with zero attached hydrogens (tertiary/aromatic N) is 1. The molecule has 0 unspecified atom stereocenters. The molecule has 0 bridgehead atoms. The van der Waals surface area contributed by atoms with Gasteiger partial charge in [0, 0.05) is 48.7 Å². The number of aliphatic hydroxyl groups is 1. The molecule has 1 aliphatic heterocycles. The highest BCUT2D eigenvalue weighted by molar-refractivity contribution is 7.90. The molecule has 1 aliphatic carbocycles. The molecule has 2 fully saturated rings. The van der Waals surface area contributed by atoms with Crippen LogP contribution in [0.15, 0.2) is 48.5 Å². The first-order valence-corrected chi connectivity index (χ1v) is 17.5. The Kier molecular flexibility index (Phi) is 11.8. The Bertz CT molecular complexity index is 1400. The van der Waals surface area contributed by atoms with Crippen molar-refractivity contribution in [3.8, 4) is 0 Å². The van der Waals surface area contributed by atoms with Crippen LogP contribution in [0, 0.1) is 0 Å². The van der Waals surface area contributed by atoms with Crippen molar-refractivity contribution in [3.05, 3.63) is 59.7 Å². The number of sulfone groups is 1. The molecule has 0 spiro atoms. The summed E-state index contributed by atoms with van der Waals surface area (Å²) >= 11 is 0. The smallest absolute Gasteiger partial charge is 0.251 e. The van der Waals surface area contributed by atoms with E-state index >= 15 is 0 Å². The number of nitrogens with one attached hydrogen (secondary N) is 4. The molecule has 0 aromatic heterocycles. The molecule has 0 radical (unpaired) electrons. The van der Waals surface area contributed by atoms with Gasteiger partial charge in [0.25, 0.3) is 5.91 Å². The number of rotatable bonds is 14. The average Bonchev–Trinajstić information content (AvgIpc) is 3.44. The normalized spacial score (nSPS) is 18.0.